The number of H-pyrrole nitrogens is 1. The first-order chi connectivity index (χ1) is 16.1. The van der Waals surface area contributed by atoms with Crippen molar-refractivity contribution in [2.75, 3.05) is 12.4 Å². The molecule has 1 heterocycles. The number of nitrogens with one attached hydrogen (secondary N) is 2. The van der Waals surface area contributed by atoms with E-state index in [9.17, 15) is 9.59 Å². The molecule has 4 rings (SSSR count). The molecular formula is C25H23N3O3S2. The predicted octanol–water partition coefficient (Wildman–Crippen LogP) is 5.82. The summed E-state index contributed by atoms with van der Waals surface area (Å²) in [7, 11) is 0. The van der Waals surface area contributed by atoms with E-state index in [0.717, 1.165) is 26.8 Å². The number of hydrogen-bond acceptors (Lipinski definition) is 6. The van der Waals surface area contributed by atoms with Gasteiger partial charge in [-0.25, -0.2) is 9.78 Å². The number of nitrogens with zero attached hydrogens (tertiary/aromatic N) is 1. The average Bonchev–Trinajstić information content (AvgIpc) is 3.25. The molecule has 0 bridgehead atoms. The lowest BCUT2D eigenvalue weighted by Gasteiger charge is -2.11. The molecule has 0 saturated heterocycles. The second-order valence-electron chi connectivity index (χ2n) is 7.19. The van der Waals surface area contributed by atoms with E-state index in [1.165, 1.54) is 11.1 Å². The summed E-state index contributed by atoms with van der Waals surface area (Å²) in [5.41, 5.74) is 4.86. The van der Waals surface area contributed by atoms with E-state index in [1.807, 2.05) is 30.3 Å². The minimum Gasteiger partial charge on any atom is -0.448 e. The van der Waals surface area contributed by atoms with E-state index < -0.39 is 12.0 Å². The van der Waals surface area contributed by atoms with Gasteiger partial charge in [-0.2, -0.15) is 0 Å². The van der Waals surface area contributed by atoms with E-state index >= 15 is 0 Å². The third-order valence-electron chi connectivity index (χ3n) is 4.95. The molecule has 2 amide bonds. The molecule has 0 aliphatic heterocycles. The summed E-state index contributed by atoms with van der Waals surface area (Å²) < 4.78 is 5.15. The maximum absolute atomic E-state index is 12.0. The van der Waals surface area contributed by atoms with Crippen LogP contribution in [0.1, 0.15) is 21.5 Å². The van der Waals surface area contributed by atoms with Crippen LogP contribution < -0.4 is 5.32 Å². The second kappa shape index (κ2) is 11.1. The number of imide groups is 1. The van der Waals surface area contributed by atoms with Gasteiger partial charge in [0, 0.05) is 22.0 Å². The summed E-state index contributed by atoms with van der Waals surface area (Å²) >= 11 is 3.29. The van der Waals surface area contributed by atoms with E-state index in [2.05, 4.69) is 34.3 Å². The summed E-state index contributed by atoms with van der Waals surface area (Å²) in [4.78, 5) is 33.0. The SMILES string of the molecule is Cc1c(CSc2nc3ccccc3[nH]2)cccc1SCCOC(=O)NC(=O)c1ccccc1. The molecule has 0 saturated carbocycles. The van der Waals surface area contributed by atoms with E-state index in [1.54, 1.807) is 53.9 Å². The van der Waals surface area contributed by atoms with Crippen molar-refractivity contribution in [2.24, 2.45) is 0 Å². The molecule has 4 aromatic rings. The Kier molecular flexibility index (Phi) is 7.70. The standard InChI is InChI=1S/C25H23N3O3S2/c1-17-19(16-33-24-26-20-11-5-6-12-21(20)27-24)10-7-13-22(17)32-15-14-31-25(30)28-23(29)18-8-3-2-4-9-18/h2-13H,14-16H2,1H3,(H,26,27)(H,28,29,30). The van der Waals surface area contributed by atoms with Crippen LogP contribution in [-0.2, 0) is 10.5 Å². The Morgan fingerprint density at radius 1 is 0.970 bits per heavy atom. The van der Waals surface area contributed by atoms with Gasteiger partial charge in [0.05, 0.1) is 11.0 Å². The quantitative estimate of drug-likeness (QED) is 0.246. The average molecular weight is 478 g/mol. The Morgan fingerprint density at radius 3 is 2.58 bits per heavy atom. The highest BCUT2D eigenvalue weighted by Crippen LogP contribution is 2.29. The third kappa shape index (κ3) is 6.18. The lowest BCUT2D eigenvalue weighted by molar-refractivity contribution is 0.0925. The van der Waals surface area contributed by atoms with Gasteiger partial charge >= 0.3 is 6.09 Å². The van der Waals surface area contributed by atoms with Crippen LogP contribution in [0.25, 0.3) is 11.0 Å². The number of amides is 2. The van der Waals surface area contributed by atoms with Crippen LogP contribution in [0, 0.1) is 6.92 Å². The first-order valence-corrected chi connectivity index (χ1v) is 12.4. The molecular weight excluding hydrogens is 454 g/mol. The fourth-order valence-corrected chi connectivity index (χ4v) is 5.05. The number of aromatic nitrogens is 2. The van der Waals surface area contributed by atoms with E-state index in [-0.39, 0.29) is 6.61 Å². The van der Waals surface area contributed by atoms with E-state index in [0.29, 0.717) is 11.3 Å². The zero-order chi connectivity index (χ0) is 23.0. The van der Waals surface area contributed by atoms with Crippen LogP contribution >= 0.6 is 23.5 Å². The smallest absolute Gasteiger partial charge is 0.414 e. The number of fused-ring (bicyclic) bond motifs is 1. The Hall–Kier alpha value is -3.23. The van der Waals surface area contributed by atoms with Crippen molar-refractivity contribution < 1.29 is 14.3 Å². The molecule has 0 fully saturated rings. The maximum atomic E-state index is 12.0. The van der Waals surface area contributed by atoms with Gasteiger partial charge in [-0.15, -0.1) is 11.8 Å². The summed E-state index contributed by atoms with van der Waals surface area (Å²) in [6, 6.07) is 22.8. The van der Waals surface area contributed by atoms with Crippen molar-refractivity contribution in [3.63, 3.8) is 0 Å². The number of ether oxygens (including phenoxy) is 1. The monoisotopic (exact) mass is 477 g/mol. The molecule has 168 valence electrons. The summed E-state index contributed by atoms with van der Waals surface area (Å²) in [6.07, 6.45) is -0.739. The number of thioether (sulfide) groups is 2. The molecule has 6 nitrogen and oxygen atoms in total. The van der Waals surface area contributed by atoms with Crippen molar-refractivity contribution in [1.29, 1.82) is 0 Å². The predicted molar refractivity (Wildman–Crippen MR) is 133 cm³/mol. The maximum Gasteiger partial charge on any atom is 0.414 e. The largest absolute Gasteiger partial charge is 0.448 e. The molecule has 0 unspecified atom stereocenters. The second-order valence-corrected chi connectivity index (χ2v) is 9.29. The summed E-state index contributed by atoms with van der Waals surface area (Å²) in [6.45, 7) is 2.30. The van der Waals surface area contributed by atoms with Gasteiger partial charge in [0.2, 0.25) is 0 Å². The zero-order valence-corrected chi connectivity index (χ0v) is 19.7. The van der Waals surface area contributed by atoms with Crippen molar-refractivity contribution in [3.8, 4) is 0 Å². The van der Waals surface area contributed by atoms with Gasteiger partial charge in [-0.3, -0.25) is 10.1 Å². The van der Waals surface area contributed by atoms with Gasteiger partial charge in [-0.1, -0.05) is 54.2 Å². The molecule has 3 aromatic carbocycles. The molecule has 8 heteroatoms. The molecule has 0 aliphatic carbocycles. The summed E-state index contributed by atoms with van der Waals surface area (Å²) in [5, 5.41) is 3.14. The minimum atomic E-state index is -0.739. The number of aromatic amines is 1. The van der Waals surface area contributed by atoms with Gasteiger partial charge in [0.1, 0.15) is 6.61 Å². The zero-order valence-electron chi connectivity index (χ0n) is 18.0. The Balaban J connectivity index is 1.24. The van der Waals surface area contributed by atoms with Crippen molar-refractivity contribution in [3.05, 3.63) is 89.5 Å². The fraction of sp³-hybridized carbons (Fsp3) is 0.160. The normalized spacial score (nSPS) is 10.8. The fourth-order valence-electron chi connectivity index (χ4n) is 3.19. The highest BCUT2D eigenvalue weighted by atomic mass is 32.2. The van der Waals surface area contributed by atoms with Crippen LogP contribution in [0.4, 0.5) is 4.79 Å². The molecule has 0 aliphatic rings. The van der Waals surface area contributed by atoms with Crippen LogP contribution in [-0.4, -0.2) is 34.3 Å². The minimum absolute atomic E-state index is 0.204. The number of rotatable bonds is 8. The highest BCUT2D eigenvalue weighted by Gasteiger charge is 2.11. The van der Waals surface area contributed by atoms with Crippen LogP contribution in [0.3, 0.4) is 0 Å². The number of carbonyl (C=O) groups excluding carboxylic acids is 2. The van der Waals surface area contributed by atoms with Crippen molar-refractivity contribution in [2.45, 2.75) is 22.7 Å². The van der Waals surface area contributed by atoms with Crippen LogP contribution in [0.5, 0.6) is 0 Å². The van der Waals surface area contributed by atoms with Gasteiger partial charge in [0.25, 0.3) is 5.91 Å². The number of alkyl carbamates (subject to hydrolysis) is 1. The number of benzene rings is 3. The van der Waals surface area contributed by atoms with Gasteiger partial charge < -0.3 is 9.72 Å². The molecule has 0 radical (unpaired) electrons. The van der Waals surface area contributed by atoms with E-state index in [4.69, 9.17) is 4.74 Å². The third-order valence-corrected chi connectivity index (χ3v) is 7.00. The number of carbonyl (C=O) groups is 2. The van der Waals surface area contributed by atoms with Crippen molar-refractivity contribution >= 4 is 46.6 Å². The lowest BCUT2D eigenvalue weighted by atomic mass is 10.1. The number of para-hydroxylation sites is 2. The van der Waals surface area contributed by atoms with Gasteiger partial charge in [-0.05, 0) is 48.4 Å². The van der Waals surface area contributed by atoms with Crippen LogP contribution in [0.15, 0.2) is 82.8 Å². The Morgan fingerprint density at radius 2 is 1.76 bits per heavy atom. The first-order valence-electron chi connectivity index (χ1n) is 10.4. The molecule has 0 spiro atoms. The summed E-state index contributed by atoms with van der Waals surface area (Å²) in [5.74, 6) is 0.924. The molecule has 2 N–H and O–H groups in total. The van der Waals surface area contributed by atoms with Crippen LogP contribution in [0.2, 0.25) is 0 Å². The number of imidazole rings is 1. The first kappa shape index (κ1) is 22.9. The Bertz CT molecular complexity index is 1230. The Labute approximate surface area is 200 Å². The number of hydrogen-bond donors (Lipinski definition) is 2. The van der Waals surface area contributed by atoms with Gasteiger partial charge in [0.15, 0.2) is 5.16 Å². The highest BCUT2D eigenvalue weighted by molar-refractivity contribution is 7.99. The molecule has 1 aromatic heterocycles. The molecule has 33 heavy (non-hydrogen) atoms. The van der Waals surface area contributed by atoms with Crippen molar-refractivity contribution in [1.82, 2.24) is 15.3 Å². The molecule has 0 atom stereocenters. The topological polar surface area (TPSA) is 84.1 Å². The lowest BCUT2D eigenvalue weighted by Crippen LogP contribution is -2.31.